The van der Waals surface area contributed by atoms with Gasteiger partial charge in [-0.05, 0) is 43.1 Å². The van der Waals surface area contributed by atoms with Gasteiger partial charge < -0.3 is 9.84 Å². The Hall–Kier alpha value is -3.23. The van der Waals surface area contributed by atoms with E-state index in [2.05, 4.69) is 17.3 Å². The second kappa shape index (κ2) is 6.13. The van der Waals surface area contributed by atoms with E-state index in [0.717, 1.165) is 17.5 Å². The van der Waals surface area contributed by atoms with Crippen LogP contribution in [0.5, 0.6) is 11.5 Å². The van der Waals surface area contributed by atoms with Crippen LogP contribution in [0.15, 0.2) is 29.4 Å². The maximum atomic E-state index is 12.9. The van der Waals surface area contributed by atoms with Gasteiger partial charge in [-0.15, -0.1) is 0 Å². The molecule has 3 fully saturated rings. The molecule has 0 radical (unpaired) electrons. The molecule has 0 aromatic heterocycles. The number of rotatable bonds is 5. The molecule has 6 rings (SSSR count). The van der Waals surface area contributed by atoms with Crippen LogP contribution < -0.4 is 4.74 Å². The van der Waals surface area contributed by atoms with Gasteiger partial charge >= 0.3 is 5.69 Å². The zero-order valence-electron chi connectivity index (χ0n) is 15.6. The van der Waals surface area contributed by atoms with Crippen molar-refractivity contribution in [3.63, 3.8) is 0 Å². The highest BCUT2D eigenvalue weighted by Gasteiger charge is 2.67. The quantitative estimate of drug-likeness (QED) is 0.267. The Morgan fingerprint density at radius 2 is 1.86 bits per heavy atom. The van der Waals surface area contributed by atoms with Crippen LogP contribution in [0.25, 0.3) is 0 Å². The van der Waals surface area contributed by atoms with Crippen molar-refractivity contribution in [2.24, 2.45) is 40.6 Å². The number of hydrogen-bond donors (Lipinski definition) is 1. The Kier molecular flexibility index (Phi) is 3.77. The summed E-state index contributed by atoms with van der Waals surface area (Å²) in [5, 5.41) is 26.2. The highest BCUT2D eigenvalue weighted by Crippen LogP contribution is 2.65. The van der Waals surface area contributed by atoms with E-state index >= 15 is 0 Å². The van der Waals surface area contributed by atoms with Crippen molar-refractivity contribution < 1.29 is 24.4 Å². The lowest BCUT2D eigenvalue weighted by atomic mass is 9.63. The third-order valence-electron chi connectivity index (χ3n) is 6.54. The summed E-state index contributed by atoms with van der Waals surface area (Å²) < 4.78 is 5.24. The van der Waals surface area contributed by atoms with Crippen LogP contribution in [0, 0.1) is 45.6 Å². The lowest BCUT2D eigenvalue weighted by Gasteiger charge is -2.37. The number of amides is 2. The van der Waals surface area contributed by atoms with Gasteiger partial charge in [0, 0.05) is 11.6 Å². The van der Waals surface area contributed by atoms with Gasteiger partial charge in [-0.2, -0.15) is 10.1 Å². The molecule has 5 aliphatic rings. The van der Waals surface area contributed by atoms with Crippen LogP contribution in [0.2, 0.25) is 0 Å². The number of phenolic OH excluding ortho intramolecular Hbond substituents is 1. The molecule has 9 nitrogen and oxygen atoms in total. The van der Waals surface area contributed by atoms with Crippen LogP contribution in [-0.2, 0) is 9.59 Å². The van der Waals surface area contributed by atoms with E-state index in [1.54, 1.807) is 6.92 Å². The first kappa shape index (κ1) is 17.8. The largest absolute Gasteiger partial charge is 0.500 e. The minimum Gasteiger partial charge on any atom is -0.500 e. The molecular formula is C20H19N3O6. The number of carbonyl (C=O) groups excluding carboxylic acids is 2. The number of nitrogens with zero attached hydrogens (tertiary/aromatic N) is 3. The van der Waals surface area contributed by atoms with Crippen molar-refractivity contribution in [1.29, 1.82) is 0 Å². The number of carbonyl (C=O) groups is 2. The fourth-order valence-corrected chi connectivity index (χ4v) is 5.27. The van der Waals surface area contributed by atoms with Crippen LogP contribution in [0.3, 0.4) is 0 Å². The molecule has 1 aliphatic heterocycles. The number of phenols is 1. The molecule has 4 aliphatic carbocycles. The number of ether oxygens (including phenoxy) is 1. The smallest absolute Gasteiger partial charge is 0.315 e. The fourth-order valence-electron chi connectivity index (χ4n) is 5.27. The van der Waals surface area contributed by atoms with Crippen LogP contribution >= 0.6 is 0 Å². The van der Waals surface area contributed by atoms with Crippen molar-refractivity contribution in [2.45, 2.75) is 13.3 Å². The Morgan fingerprint density at radius 1 is 1.24 bits per heavy atom. The Labute approximate surface area is 165 Å². The Balaban J connectivity index is 1.45. The summed E-state index contributed by atoms with van der Waals surface area (Å²) in [5.41, 5.74) is -0.287. The third kappa shape index (κ3) is 2.49. The van der Waals surface area contributed by atoms with Crippen molar-refractivity contribution in [1.82, 2.24) is 5.01 Å². The van der Waals surface area contributed by atoms with Gasteiger partial charge in [-0.3, -0.25) is 19.7 Å². The standard InChI is InChI=1S/C20H19N3O6/c1-2-29-15-6-9(5-14(18(15)24)23(27)28)8-21-22-19(25)16-10-3-4-11(13-7-12(10)13)17(16)20(22)26/h3-6,8,10-13,16-17,24H,2,7H2,1H3/b21-8-/t10-,11-,12-,13+,16+,17-/m1/s1. The van der Waals surface area contributed by atoms with E-state index in [9.17, 15) is 24.8 Å². The molecule has 2 amide bonds. The number of nitro benzene ring substituents is 1. The monoisotopic (exact) mass is 397 g/mol. The number of allylic oxidation sites excluding steroid dienone is 2. The number of benzene rings is 1. The van der Waals surface area contributed by atoms with E-state index in [0.29, 0.717) is 11.8 Å². The Morgan fingerprint density at radius 3 is 2.41 bits per heavy atom. The van der Waals surface area contributed by atoms with Gasteiger partial charge in [0.1, 0.15) is 0 Å². The summed E-state index contributed by atoms with van der Waals surface area (Å²) in [7, 11) is 0. The van der Waals surface area contributed by atoms with Gasteiger partial charge in [0.2, 0.25) is 5.75 Å². The maximum Gasteiger partial charge on any atom is 0.315 e. The van der Waals surface area contributed by atoms with E-state index in [4.69, 9.17) is 4.74 Å². The van der Waals surface area contributed by atoms with Crippen molar-refractivity contribution in [3.8, 4) is 11.5 Å². The summed E-state index contributed by atoms with van der Waals surface area (Å²) in [6, 6.07) is 2.51. The average molecular weight is 397 g/mol. The summed E-state index contributed by atoms with van der Waals surface area (Å²) >= 11 is 0. The van der Waals surface area contributed by atoms with Crippen LogP contribution in [-0.4, -0.2) is 39.7 Å². The molecule has 1 heterocycles. The topological polar surface area (TPSA) is 122 Å². The molecule has 2 saturated carbocycles. The number of hydrazone groups is 1. The molecule has 0 unspecified atom stereocenters. The van der Waals surface area contributed by atoms with Crippen molar-refractivity contribution >= 4 is 23.7 Å². The number of aromatic hydroxyl groups is 1. The lowest BCUT2D eigenvalue weighted by Crippen LogP contribution is -2.40. The highest BCUT2D eigenvalue weighted by atomic mass is 16.6. The summed E-state index contributed by atoms with van der Waals surface area (Å²) in [4.78, 5) is 36.3. The number of nitro groups is 1. The minimum atomic E-state index is -0.731. The Bertz CT molecular complexity index is 966. The predicted octanol–water partition coefficient (Wildman–Crippen LogP) is 2.09. The van der Waals surface area contributed by atoms with Crippen molar-refractivity contribution in [2.75, 3.05) is 6.61 Å². The fraction of sp³-hybridized carbons (Fsp3) is 0.450. The van der Waals surface area contributed by atoms with Gasteiger partial charge in [-0.25, -0.2) is 0 Å². The maximum absolute atomic E-state index is 12.9. The highest BCUT2D eigenvalue weighted by molar-refractivity contribution is 6.06. The van der Waals surface area contributed by atoms with Crippen LogP contribution in [0.1, 0.15) is 18.9 Å². The molecule has 29 heavy (non-hydrogen) atoms. The predicted molar refractivity (Wildman–Crippen MR) is 100 cm³/mol. The molecule has 1 saturated heterocycles. The summed E-state index contributed by atoms with van der Waals surface area (Å²) in [6.07, 6.45) is 6.46. The lowest BCUT2D eigenvalue weighted by molar-refractivity contribution is -0.386. The van der Waals surface area contributed by atoms with E-state index in [1.165, 1.54) is 12.3 Å². The first-order chi connectivity index (χ1) is 13.9. The molecule has 150 valence electrons. The molecule has 1 aromatic rings. The first-order valence-electron chi connectivity index (χ1n) is 9.66. The van der Waals surface area contributed by atoms with E-state index in [-0.39, 0.29) is 53.4 Å². The molecular weight excluding hydrogens is 378 g/mol. The van der Waals surface area contributed by atoms with E-state index in [1.807, 2.05) is 0 Å². The molecule has 9 heteroatoms. The van der Waals surface area contributed by atoms with Gasteiger partial charge in [-0.1, -0.05) is 12.2 Å². The SMILES string of the molecule is CCOc1cc(/C=N\N2C(=O)[C@@H]3[C@@H]4C=C[C@H]([C@H]5C[C@@H]45)[C@@H]3C2=O)cc([N+](=O)[O-])c1O. The zero-order valence-corrected chi connectivity index (χ0v) is 15.6. The molecule has 2 bridgehead atoms. The number of imide groups is 1. The van der Waals surface area contributed by atoms with Crippen molar-refractivity contribution in [3.05, 3.63) is 40.0 Å². The van der Waals surface area contributed by atoms with Gasteiger partial charge in [0.15, 0.2) is 5.75 Å². The average Bonchev–Trinajstić information content (AvgIpc) is 3.47. The number of hydrogen-bond acceptors (Lipinski definition) is 7. The van der Waals surface area contributed by atoms with Gasteiger partial charge in [0.05, 0.1) is 29.6 Å². The summed E-state index contributed by atoms with van der Waals surface area (Å²) in [6.45, 7) is 1.89. The van der Waals surface area contributed by atoms with E-state index < -0.39 is 16.4 Å². The first-order valence-corrected chi connectivity index (χ1v) is 9.66. The molecule has 0 spiro atoms. The minimum absolute atomic E-state index is 0.0572. The molecule has 1 N–H and O–H groups in total. The van der Waals surface area contributed by atoms with Crippen LogP contribution in [0.4, 0.5) is 5.69 Å². The molecule has 6 atom stereocenters. The second-order valence-corrected chi connectivity index (χ2v) is 7.96. The molecule has 1 aromatic carbocycles. The second-order valence-electron chi connectivity index (χ2n) is 7.96. The summed E-state index contributed by atoms with van der Waals surface area (Å²) in [5.74, 6) is -0.747. The zero-order chi connectivity index (χ0) is 20.4. The third-order valence-corrected chi connectivity index (χ3v) is 6.54. The van der Waals surface area contributed by atoms with Gasteiger partial charge in [0.25, 0.3) is 11.8 Å². The normalized spacial score (nSPS) is 33.9.